The van der Waals surface area contributed by atoms with Gasteiger partial charge in [0.2, 0.25) is 0 Å². The van der Waals surface area contributed by atoms with Gasteiger partial charge in [0.15, 0.2) is 0 Å². The van der Waals surface area contributed by atoms with Crippen LogP contribution in [0.1, 0.15) is 39.5 Å². The molecule has 0 amide bonds. The monoisotopic (exact) mass is 312 g/mol. The van der Waals surface area contributed by atoms with E-state index in [-0.39, 0.29) is 0 Å². The SMILES string of the molecule is C=C[Si](CCCC)(CCCC)Oc1cccc2ccccc12. The summed E-state index contributed by atoms with van der Waals surface area (Å²) in [4.78, 5) is 0. The van der Waals surface area contributed by atoms with Crippen molar-refractivity contribution in [3.8, 4) is 5.75 Å². The molecule has 118 valence electrons. The van der Waals surface area contributed by atoms with Crippen molar-refractivity contribution in [2.75, 3.05) is 0 Å². The Morgan fingerprint density at radius 1 is 0.955 bits per heavy atom. The van der Waals surface area contributed by atoms with E-state index in [1.807, 2.05) is 0 Å². The van der Waals surface area contributed by atoms with Crippen LogP contribution in [0.4, 0.5) is 0 Å². The van der Waals surface area contributed by atoms with Gasteiger partial charge in [0.1, 0.15) is 5.75 Å². The lowest BCUT2D eigenvalue weighted by atomic mass is 10.1. The second kappa shape index (κ2) is 8.18. The first-order chi connectivity index (χ1) is 10.7. The minimum Gasteiger partial charge on any atom is -0.539 e. The number of unbranched alkanes of at least 4 members (excludes halogenated alkanes) is 2. The summed E-state index contributed by atoms with van der Waals surface area (Å²) in [6.45, 7) is 8.65. The molecule has 0 aliphatic rings. The van der Waals surface area contributed by atoms with Crippen LogP contribution in [0.2, 0.25) is 12.1 Å². The first kappa shape index (κ1) is 16.8. The van der Waals surface area contributed by atoms with Crippen LogP contribution < -0.4 is 4.43 Å². The molecule has 22 heavy (non-hydrogen) atoms. The maximum atomic E-state index is 6.69. The highest BCUT2D eigenvalue weighted by Gasteiger charge is 2.32. The summed E-state index contributed by atoms with van der Waals surface area (Å²) in [7, 11) is -1.91. The van der Waals surface area contributed by atoms with E-state index in [1.54, 1.807) is 0 Å². The van der Waals surface area contributed by atoms with Crippen molar-refractivity contribution in [1.82, 2.24) is 0 Å². The van der Waals surface area contributed by atoms with E-state index in [2.05, 4.69) is 68.6 Å². The Bertz CT molecular complexity index is 592. The van der Waals surface area contributed by atoms with Gasteiger partial charge in [-0.05, 0) is 23.5 Å². The molecule has 0 aliphatic carbocycles. The number of hydrogen-bond donors (Lipinski definition) is 0. The van der Waals surface area contributed by atoms with E-state index in [0.717, 1.165) is 5.75 Å². The zero-order valence-electron chi connectivity index (χ0n) is 14.0. The third-order valence-corrected chi connectivity index (χ3v) is 8.11. The van der Waals surface area contributed by atoms with Gasteiger partial charge in [-0.1, -0.05) is 81.6 Å². The number of fused-ring (bicyclic) bond motifs is 1. The summed E-state index contributed by atoms with van der Waals surface area (Å²) in [6.07, 6.45) is 4.89. The molecule has 0 fully saturated rings. The second-order valence-corrected chi connectivity index (χ2v) is 9.80. The normalized spacial score (nSPS) is 11.5. The van der Waals surface area contributed by atoms with Gasteiger partial charge >= 0.3 is 0 Å². The highest BCUT2D eigenvalue weighted by atomic mass is 28.4. The first-order valence-electron chi connectivity index (χ1n) is 8.55. The topological polar surface area (TPSA) is 9.23 Å². The quantitative estimate of drug-likeness (QED) is 0.481. The summed E-state index contributed by atoms with van der Waals surface area (Å²) < 4.78 is 6.69. The number of rotatable bonds is 9. The Balaban J connectivity index is 2.33. The zero-order chi connectivity index (χ0) is 15.8. The molecule has 1 nitrogen and oxygen atoms in total. The van der Waals surface area contributed by atoms with Crippen molar-refractivity contribution in [2.24, 2.45) is 0 Å². The Labute approximate surface area is 136 Å². The first-order valence-corrected chi connectivity index (χ1v) is 10.9. The largest absolute Gasteiger partial charge is 0.539 e. The van der Waals surface area contributed by atoms with Gasteiger partial charge in [-0.3, -0.25) is 0 Å². The molecule has 0 N–H and O–H groups in total. The lowest BCUT2D eigenvalue weighted by Crippen LogP contribution is -2.39. The maximum Gasteiger partial charge on any atom is 0.275 e. The molecule has 0 bridgehead atoms. The van der Waals surface area contributed by atoms with E-state index in [9.17, 15) is 0 Å². The standard InChI is InChI=1S/C20H28OSi/c1-4-7-16-22(6-3,17-8-5-2)21-20-15-11-13-18-12-9-10-14-19(18)20/h6,9-15H,3-5,7-8,16-17H2,1-2H3. The molecule has 0 atom stereocenters. The van der Waals surface area contributed by atoms with Gasteiger partial charge in [-0.15, -0.1) is 6.58 Å². The predicted octanol–water partition coefficient (Wildman–Crippen LogP) is 6.49. The molecule has 0 aromatic heterocycles. The van der Waals surface area contributed by atoms with Gasteiger partial charge in [-0.25, -0.2) is 0 Å². The fourth-order valence-electron chi connectivity index (χ4n) is 2.93. The summed E-state index contributed by atoms with van der Waals surface area (Å²) in [6, 6.07) is 17.2. The van der Waals surface area contributed by atoms with Crippen LogP contribution in [0.5, 0.6) is 5.75 Å². The summed E-state index contributed by atoms with van der Waals surface area (Å²) in [5.74, 6) is 1.04. The fraction of sp³-hybridized carbons (Fsp3) is 0.400. The molecule has 0 spiro atoms. The van der Waals surface area contributed by atoms with Gasteiger partial charge in [0.05, 0.1) is 0 Å². The third kappa shape index (κ3) is 4.01. The summed E-state index contributed by atoms with van der Waals surface area (Å²) in [5.41, 5.74) is 2.17. The van der Waals surface area contributed by atoms with Crippen molar-refractivity contribution in [3.05, 3.63) is 54.7 Å². The smallest absolute Gasteiger partial charge is 0.275 e. The molecule has 0 aliphatic heterocycles. The van der Waals surface area contributed by atoms with Crippen molar-refractivity contribution < 1.29 is 4.43 Å². The molecule has 2 aromatic rings. The van der Waals surface area contributed by atoms with Crippen LogP contribution in [-0.4, -0.2) is 8.32 Å². The Hall–Kier alpha value is -1.54. The highest BCUT2D eigenvalue weighted by Crippen LogP contribution is 2.32. The highest BCUT2D eigenvalue weighted by molar-refractivity contribution is 6.79. The molecule has 0 heterocycles. The van der Waals surface area contributed by atoms with Gasteiger partial charge < -0.3 is 4.43 Å². The molecule has 0 saturated heterocycles. The van der Waals surface area contributed by atoms with E-state index < -0.39 is 8.32 Å². The summed E-state index contributed by atoms with van der Waals surface area (Å²) >= 11 is 0. The second-order valence-electron chi connectivity index (χ2n) is 6.06. The lowest BCUT2D eigenvalue weighted by molar-refractivity contribution is 0.538. The van der Waals surface area contributed by atoms with E-state index in [1.165, 1.54) is 48.5 Å². The fourth-order valence-corrected chi connectivity index (χ4v) is 6.39. The van der Waals surface area contributed by atoms with E-state index >= 15 is 0 Å². The Morgan fingerprint density at radius 3 is 2.23 bits per heavy atom. The van der Waals surface area contributed by atoms with Crippen molar-refractivity contribution in [1.29, 1.82) is 0 Å². The minimum absolute atomic E-state index is 1.04. The molecule has 2 aromatic carbocycles. The van der Waals surface area contributed by atoms with Crippen LogP contribution in [0, 0.1) is 0 Å². The molecule has 2 rings (SSSR count). The van der Waals surface area contributed by atoms with Crippen LogP contribution in [0.3, 0.4) is 0 Å². The van der Waals surface area contributed by atoms with Crippen molar-refractivity contribution in [2.45, 2.75) is 51.6 Å². The van der Waals surface area contributed by atoms with Crippen LogP contribution >= 0.6 is 0 Å². The average molecular weight is 313 g/mol. The van der Waals surface area contributed by atoms with Crippen LogP contribution in [0.25, 0.3) is 10.8 Å². The van der Waals surface area contributed by atoms with Gasteiger partial charge in [0.25, 0.3) is 8.32 Å². The minimum atomic E-state index is -1.91. The van der Waals surface area contributed by atoms with Gasteiger partial charge in [-0.2, -0.15) is 0 Å². The Morgan fingerprint density at radius 2 is 1.59 bits per heavy atom. The van der Waals surface area contributed by atoms with Crippen LogP contribution in [-0.2, 0) is 0 Å². The average Bonchev–Trinajstić information content (AvgIpc) is 2.58. The number of benzene rings is 2. The lowest BCUT2D eigenvalue weighted by Gasteiger charge is -2.30. The molecule has 0 radical (unpaired) electrons. The zero-order valence-corrected chi connectivity index (χ0v) is 15.0. The molecular weight excluding hydrogens is 284 g/mol. The molecule has 2 heteroatoms. The van der Waals surface area contributed by atoms with Crippen molar-refractivity contribution >= 4 is 19.1 Å². The maximum absolute atomic E-state index is 6.69. The molecule has 0 saturated carbocycles. The molecule has 0 unspecified atom stereocenters. The Kier molecular flexibility index (Phi) is 6.26. The van der Waals surface area contributed by atoms with E-state index in [0.29, 0.717) is 0 Å². The summed E-state index contributed by atoms with van der Waals surface area (Å²) in [5, 5.41) is 2.47. The number of hydrogen-bond acceptors (Lipinski definition) is 1. The predicted molar refractivity (Wildman–Crippen MR) is 100.0 cm³/mol. The van der Waals surface area contributed by atoms with Crippen LogP contribution in [0.15, 0.2) is 54.7 Å². The molecular formula is C20H28OSi. The van der Waals surface area contributed by atoms with Crippen molar-refractivity contribution in [3.63, 3.8) is 0 Å². The van der Waals surface area contributed by atoms with E-state index in [4.69, 9.17) is 4.43 Å². The third-order valence-electron chi connectivity index (χ3n) is 4.34. The van der Waals surface area contributed by atoms with Gasteiger partial charge in [0, 0.05) is 5.39 Å².